The normalized spacial score (nSPS) is 16.9. The molecule has 1 aromatic heterocycles. The number of ether oxygens (including phenoxy) is 1. The van der Waals surface area contributed by atoms with Crippen LogP contribution in [-0.4, -0.2) is 42.7 Å². The van der Waals surface area contributed by atoms with Gasteiger partial charge in [0.1, 0.15) is 0 Å². The molecule has 96 valence electrons. The van der Waals surface area contributed by atoms with Gasteiger partial charge in [-0.05, 0) is 12.8 Å². The van der Waals surface area contributed by atoms with Crippen molar-refractivity contribution < 1.29 is 4.74 Å². The van der Waals surface area contributed by atoms with Crippen LogP contribution in [0.3, 0.4) is 0 Å². The van der Waals surface area contributed by atoms with Crippen LogP contribution in [0.1, 0.15) is 25.7 Å². The van der Waals surface area contributed by atoms with Crippen molar-refractivity contribution in [1.82, 2.24) is 9.36 Å². The van der Waals surface area contributed by atoms with Gasteiger partial charge in [0, 0.05) is 38.3 Å². The van der Waals surface area contributed by atoms with Gasteiger partial charge >= 0.3 is 0 Å². The molecule has 1 aliphatic rings. The first-order valence-corrected chi connectivity index (χ1v) is 6.99. The molecule has 0 atom stereocenters. The molecule has 0 radical (unpaired) electrons. The lowest BCUT2D eigenvalue weighted by Crippen LogP contribution is -2.24. The molecule has 0 aliphatic carbocycles. The molecule has 1 aromatic rings. The highest BCUT2D eigenvalue weighted by Gasteiger charge is 2.14. The Hall–Kier alpha value is -0.880. The summed E-state index contributed by atoms with van der Waals surface area (Å²) in [6.45, 7) is 3.66. The number of rotatable bonds is 5. The second kappa shape index (κ2) is 6.76. The van der Waals surface area contributed by atoms with Gasteiger partial charge in [-0.15, -0.1) is 0 Å². The maximum Gasteiger partial charge on any atom is 0.239 e. The molecule has 2 heterocycles. The number of aromatic nitrogens is 2. The molecule has 0 unspecified atom stereocenters. The van der Waals surface area contributed by atoms with Gasteiger partial charge in [0.25, 0.3) is 0 Å². The number of methoxy groups -OCH3 is 1. The van der Waals surface area contributed by atoms with Crippen molar-refractivity contribution >= 4 is 22.6 Å². The molecule has 1 aliphatic heterocycles. The fourth-order valence-corrected chi connectivity index (χ4v) is 2.56. The number of hydrogen-bond donors (Lipinski definition) is 1. The van der Waals surface area contributed by atoms with Gasteiger partial charge in [0.2, 0.25) is 11.1 Å². The van der Waals surface area contributed by atoms with E-state index in [9.17, 15) is 0 Å². The zero-order valence-electron chi connectivity index (χ0n) is 10.3. The van der Waals surface area contributed by atoms with E-state index in [-0.39, 0.29) is 0 Å². The van der Waals surface area contributed by atoms with Crippen LogP contribution in [0.25, 0.3) is 0 Å². The van der Waals surface area contributed by atoms with Crippen LogP contribution in [0, 0.1) is 0 Å². The van der Waals surface area contributed by atoms with E-state index >= 15 is 0 Å². The van der Waals surface area contributed by atoms with Crippen molar-refractivity contribution in [1.29, 1.82) is 0 Å². The molecule has 1 fully saturated rings. The maximum absolute atomic E-state index is 4.99. The smallest absolute Gasteiger partial charge is 0.239 e. The fraction of sp³-hybridized carbons (Fsp3) is 0.818. The van der Waals surface area contributed by atoms with E-state index in [0.29, 0.717) is 6.61 Å². The van der Waals surface area contributed by atoms with Crippen molar-refractivity contribution in [3.05, 3.63) is 0 Å². The highest BCUT2D eigenvalue weighted by molar-refractivity contribution is 7.09. The molecular weight excluding hydrogens is 236 g/mol. The Bertz CT molecular complexity index is 323. The summed E-state index contributed by atoms with van der Waals surface area (Å²) in [5, 5.41) is 4.10. The van der Waals surface area contributed by atoms with E-state index in [1.165, 1.54) is 37.2 Å². The minimum absolute atomic E-state index is 0.693. The standard InChI is InChI=1S/C11H20N4OS/c1-16-9-6-12-11-13-10(14-17-11)15-7-4-2-3-5-8-15/h2-9H2,1H3,(H,12,13,14). The zero-order chi connectivity index (χ0) is 11.9. The molecule has 2 rings (SSSR count). The predicted molar refractivity (Wildman–Crippen MR) is 71.0 cm³/mol. The Morgan fingerprint density at radius 1 is 1.29 bits per heavy atom. The first-order chi connectivity index (χ1) is 8.40. The molecule has 0 saturated carbocycles. The van der Waals surface area contributed by atoms with Crippen LogP contribution in [0.2, 0.25) is 0 Å². The minimum Gasteiger partial charge on any atom is -0.383 e. The molecule has 0 spiro atoms. The van der Waals surface area contributed by atoms with Crippen molar-refractivity contribution in [3.8, 4) is 0 Å². The lowest BCUT2D eigenvalue weighted by molar-refractivity contribution is 0.211. The molecule has 5 nitrogen and oxygen atoms in total. The van der Waals surface area contributed by atoms with Gasteiger partial charge in [-0.2, -0.15) is 9.36 Å². The SMILES string of the molecule is COCCNc1nc(N2CCCCCC2)ns1. The quantitative estimate of drug-likeness (QED) is 0.816. The first kappa shape index (κ1) is 12.6. The minimum atomic E-state index is 0.693. The fourth-order valence-electron chi connectivity index (χ4n) is 1.95. The Labute approximate surface area is 106 Å². The van der Waals surface area contributed by atoms with E-state index in [0.717, 1.165) is 30.7 Å². The summed E-state index contributed by atoms with van der Waals surface area (Å²) >= 11 is 1.43. The molecule has 0 bridgehead atoms. The lowest BCUT2D eigenvalue weighted by Gasteiger charge is -2.17. The Morgan fingerprint density at radius 3 is 2.76 bits per heavy atom. The number of nitrogens with one attached hydrogen (secondary N) is 1. The summed E-state index contributed by atoms with van der Waals surface area (Å²) in [7, 11) is 1.70. The number of nitrogens with zero attached hydrogens (tertiary/aromatic N) is 3. The van der Waals surface area contributed by atoms with E-state index in [4.69, 9.17) is 4.74 Å². The second-order valence-electron chi connectivity index (χ2n) is 4.22. The van der Waals surface area contributed by atoms with Crippen LogP contribution in [0.4, 0.5) is 11.1 Å². The van der Waals surface area contributed by atoms with Crippen LogP contribution in [0.15, 0.2) is 0 Å². The summed E-state index contributed by atoms with van der Waals surface area (Å²) in [5.74, 6) is 0.886. The van der Waals surface area contributed by atoms with Gasteiger partial charge in [-0.25, -0.2) is 0 Å². The largest absolute Gasteiger partial charge is 0.383 e. The number of anilines is 2. The summed E-state index contributed by atoms with van der Waals surface area (Å²) in [4.78, 5) is 6.81. The van der Waals surface area contributed by atoms with Crippen LogP contribution < -0.4 is 10.2 Å². The Kier molecular flexibility index (Phi) is 5.00. The third kappa shape index (κ3) is 3.81. The summed E-state index contributed by atoms with van der Waals surface area (Å²) in [6, 6.07) is 0. The first-order valence-electron chi connectivity index (χ1n) is 6.21. The van der Waals surface area contributed by atoms with Crippen molar-refractivity contribution in [2.24, 2.45) is 0 Å². The average Bonchev–Trinajstić information content (AvgIpc) is 2.64. The highest BCUT2D eigenvalue weighted by Crippen LogP contribution is 2.20. The highest BCUT2D eigenvalue weighted by atomic mass is 32.1. The van der Waals surface area contributed by atoms with Gasteiger partial charge in [0.05, 0.1) is 6.61 Å². The summed E-state index contributed by atoms with van der Waals surface area (Å²) in [6.07, 6.45) is 5.18. The monoisotopic (exact) mass is 256 g/mol. The molecule has 17 heavy (non-hydrogen) atoms. The molecule has 1 saturated heterocycles. The second-order valence-corrected chi connectivity index (χ2v) is 4.97. The van der Waals surface area contributed by atoms with Crippen molar-refractivity contribution in [2.45, 2.75) is 25.7 Å². The maximum atomic E-state index is 4.99. The van der Waals surface area contributed by atoms with Crippen LogP contribution >= 0.6 is 11.5 Å². The Morgan fingerprint density at radius 2 is 2.06 bits per heavy atom. The third-order valence-corrected chi connectivity index (χ3v) is 3.55. The average molecular weight is 256 g/mol. The van der Waals surface area contributed by atoms with E-state index in [1.807, 2.05) is 0 Å². The van der Waals surface area contributed by atoms with E-state index in [1.54, 1.807) is 7.11 Å². The molecule has 6 heteroatoms. The van der Waals surface area contributed by atoms with Crippen molar-refractivity contribution in [2.75, 3.05) is 43.6 Å². The summed E-state index contributed by atoms with van der Waals surface area (Å²) < 4.78 is 9.40. The van der Waals surface area contributed by atoms with Crippen molar-refractivity contribution in [3.63, 3.8) is 0 Å². The molecular formula is C11H20N4OS. The topological polar surface area (TPSA) is 50.3 Å². The Balaban J connectivity index is 1.87. The molecule has 1 N–H and O–H groups in total. The zero-order valence-corrected chi connectivity index (χ0v) is 11.1. The van der Waals surface area contributed by atoms with Crippen LogP contribution in [-0.2, 0) is 4.74 Å². The van der Waals surface area contributed by atoms with Gasteiger partial charge < -0.3 is 15.0 Å². The summed E-state index contributed by atoms with van der Waals surface area (Å²) in [5.41, 5.74) is 0. The van der Waals surface area contributed by atoms with Crippen LogP contribution in [0.5, 0.6) is 0 Å². The molecule has 0 amide bonds. The third-order valence-electron chi connectivity index (χ3n) is 2.89. The van der Waals surface area contributed by atoms with E-state index < -0.39 is 0 Å². The number of hydrogen-bond acceptors (Lipinski definition) is 6. The lowest BCUT2D eigenvalue weighted by atomic mass is 10.2. The van der Waals surface area contributed by atoms with E-state index in [2.05, 4.69) is 19.6 Å². The van der Waals surface area contributed by atoms with Gasteiger partial charge in [0.15, 0.2) is 0 Å². The van der Waals surface area contributed by atoms with Gasteiger partial charge in [-0.3, -0.25) is 0 Å². The predicted octanol–water partition coefficient (Wildman–Crippen LogP) is 1.98. The van der Waals surface area contributed by atoms with Gasteiger partial charge in [-0.1, -0.05) is 12.8 Å². The molecule has 0 aromatic carbocycles.